The van der Waals surface area contributed by atoms with Gasteiger partial charge in [0.15, 0.2) is 0 Å². The third kappa shape index (κ3) is 3.12. The summed E-state index contributed by atoms with van der Waals surface area (Å²) in [5.41, 5.74) is 2.53. The Morgan fingerprint density at radius 3 is 2.57 bits per heavy atom. The molecule has 1 heterocycles. The lowest BCUT2D eigenvalue weighted by Gasteiger charge is -2.00. The van der Waals surface area contributed by atoms with E-state index in [0.29, 0.717) is 22.4 Å². The van der Waals surface area contributed by atoms with E-state index in [9.17, 15) is 0 Å². The summed E-state index contributed by atoms with van der Waals surface area (Å²) in [6.45, 7) is 0. The minimum absolute atomic E-state index is 0.501. The fraction of sp³-hybridized carbons (Fsp3) is 0.0625. The molecule has 102 valence electrons. The van der Waals surface area contributed by atoms with E-state index in [0.717, 1.165) is 11.1 Å². The molecule has 0 N–H and O–H groups in total. The Kier molecular flexibility index (Phi) is 3.99. The van der Waals surface area contributed by atoms with Gasteiger partial charge in [0.05, 0.1) is 11.6 Å². The number of rotatable bonds is 4. The average Bonchev–Trinajstić information content (AvgIpc) is 3.03. The molecule has 21 heavy (non-hydrogen) atoms. The summed E-state index contributed by atoms with van der Waals surface area (Å²) in [6.07, 6.45) is 0. The molecule has 4 nitrogen and oxygen atoms in total. The van der Waals surface area contributed by atoms with Gasteiger partial charge in [-0.25, -0.2) is 0 Å². The monoisotopic (exact) mass is 293 g/mol. The van der Waals surface area contributed by atoms with Crippen LogP contribution in [0, 0.1) is 11.3 Å². The van der Waals surface area contributed by atoms with E-state index in [1.54, 1.807) is 6.07 Å². The van der Waals surface area contributed by atoms with Crippen molar-refractivity contribution < 1.29 is 4.42 Å². The van der Waals surface area contributed by atoms with Crippen LogP contribution in [-0.2, 0) is 5.75 Å². The highest BCUT2D eigenvalue weighted by molar-refractivity contribution is 7.98. The molecule has 0 aliphatic carbocycles. The maximum atomic E-state index is 9.06. The number of aromatic nitrogens is 2. The van der Waals surface area contributed by atoms with Gasteiger partial charge < -0.3 is 4.42 Å². The SMILES string of the molecule is N#Cc1ccccc1CSc1nnc(-c2ccccc2)o1. The first-order chi connectivity index (χ1) is 10.4. The Morgan fingerprint density at radius 1 is 1.00 bits per heavy atom. The van der Waals surface area contributed by atoms with Gasteiger partial charge in [-0.05, 0) is 23.8 Å². The maximum Gasteiger partial charge on any atom is 0.277 e. The number of nitriles is 1. The van der Waals surface area contributed by atoms with Gasteiger partial charge >= 0.3 is 0 Å². The predicted molar refractivity (Wildman–Crippen MR) is 80.5 cm³/mol. The Morgan fingerprint density at radius 2 is 1.76 bits per heavy atom. The fourth-order valence-electron chi connectivity index (χ4n) is 1.86. The van der Waals surface area contributed by atoms with Crippen LogP contribution in [0.4, 0.5) is 0 Å². The molecule has 0 amide bonds. The number of hydrogen-bond donors (Lipinski definition) is 0. The minimum atomic E-state index is 0.501. The zero-order chi connectivity index (χ0) is 14.5. The van der Waals surface area contributed by atoms with Crippen molar-refractivity contribution in [2.24, 2.45) is 0 Å². The number of benzene rings is 2. The molecule has 0 unspecified atom stereocenters. The molecule has 5 heteroatoms. The van der Waals surface area contributed by atoms with E-state index >= 15 is 0 Å². The second-order valence-corrected chi connectivity index (χ2v) is 5.22. The Bertz CT molecular complexity index is 777. The summed E-state index contributed by atoms with van der Waals surface area (Å²) < 4.78 is 5.62. The highest BCUT2D eigenvalue weighted by Crippen LogP contribution is 2.26. The predicted octanol–water partition coefficient (Wildman–Crippen LogP) is 3.90. The maximum absolute atomic E-state index is 9.06. The van der Waals surface area contributed by atoms with Crippen molar-refractivity contribution in [2.45, 2.75) is 11.0 Å². The van der Waals surface area contributed by atoms with Gasteiger partial charge in [-0.1, -0.05) is 48.2 Å². The van der Waals surface area contributed by atoms with Crippen LogP contribution in [0.5, 0.6) is 0 Å². The number of hydrogen-bond acceptors (Lipinski definition) is 5. The van der Waals surface area contributed by atoms with Crippen molar-refractivity contribution in [3.8, 4) is 17.5 Å². The summed E-state index contributed by atoms with van der Waals surface area (Å²) in [5, 5.41) is 17.6. The largest absolute Gasteiger partial charge is 0.411 e. The standard InChI is InChI=1S/C16H11N3OS/c17-10-13-8-4-5-9-14(13)11-21-16-19-18-15(20-16)12-6-2-1-3-7-12/h1-9H,11H2. The number of thioether (sulfide) groups is 1. The summed E-state index contributed by atoms with van der Waals surface area (Å²) >= 11 is 1.43. The highest BCUT2D eigenvalue weighted by atomic mass is 32.2. The second kappa shape index (κ2) is 6.25. The van der Waals surface area contributed by atoms with Gasteiger partial charge in [0.1, 0.15) is 0 Å². The molecular weight excluding hydrogens is 282 g/mol. The van der Waals surface area contributed by atoms with E-state index in [-0.39, 0.29) is 0 Å². The van der Waals surface area contributed by atoms with Gasteiger partial charge in [-0.15, -0.1) is 10.2 Å². The smallest absolute Gasteiger partial charge is 0.277 e. The van der Waals surface area contributed by atoms with Gasteiger partial charge in [-0.2, -0.15) is 5.26 Å². The van der Waals surface area contributed by atoms with Crippen molar-refractivity contribution in [3.63, 3.8) is 0 Å². The van der Waals surface area contributed by atoms with Crippen molar-refractivity contribution >= 4 is 11.8 Å². The molecule has 0 aliphatic heterocycles. The summed E-state index contributed by atoms with van der Waals surface area (Å²) in [5.74, 6) is 1.13. The zero-order valence-corrected chi connectivity index (χ0v) is 11.9. The van der Waals surface area contributed by atoms with Crippen molar-refractivity contribution in [3.05, 3.63) is 65.7 Å². The van der Waals surface area contributed by atoms with Crippen LogP contribution in [0.15, 0.2) is 64.2 Å². The van der Waals surface area contributed by atoms with Gasteiger partial charge in [-0.3, -0.25) is 0 Å². The Labute approximate surface area is 126 Å². The van der Waals surface area contributed by atoms with Crippen LogP contribution in [0.25, 0.3) is 11.5 Å². The molecule has 0 fully saturated rings. The van der Waals surface area contributed by atoms with Crippen molar-refractivity contribution in [1.29, 1.82) is 5.26 Å². The molecule has 0 aliphatic rings. The third-order valence-electron chi connectivity index (χ3n) is 2.92. The van der Waals surface area contributed by atoms with Gasteiger partial charge in [0, 0.05) is 11.3 Å². The summed E-state index contributed by atoms with van der Waals surface area (Å²) in [6, 6.07) is 19.3. The first-order valence-corrected chi connectivity index (χ1v) is 7.35. The first-order valence-electron chi connectivity index (χ1n) is 6.36. The van der Waals surface area contributed by atoms with Crippen LogP contribution < -0.4 is 0 Å². The third-order valence-corrected chi connectivity index (χ3v) is 3.78. The topological polar surface area (TPSA) is 62.7 Å². The van der Waals surface area contributed by atoms with E-state index in [2.05, 4.69) is 16.3 Å². The molecule has 0 atom stereocenters. The Hall–Kier alpha value is -2.58. The number of nitrogens with zero attached hydrogens (tertiary/aromatic N) is 3. The molecule has 3 aromatic rings. The van der Waals surface area contributed by atoms with E-state index < -0.39 is 0 Å². The van der Waals surface area contributed by atoms with E-state index in [1.807, 2.05) is 48.5 Å². The molecule has 0 radical (unpaired) electrons. The molecule has 1 aromatic heterocycles. The lowest BCUT2D eigenvalue weighted by Crippen LogP contribution is -1.86. The molecule has 0 spiro atoms. The zero-order valence-electron chi connectivity index (χ0n) is 11.1. The lowest BCUT2D eigenvalue weighted by molar-refractivity contribution is 0.466. The van der Waals surface area contributed by atoms with Gasteiger partial charge in [0.25, 0.3) is 5.22 Å². The molecule has 0 saturated carbocycles. The molecular formula is C16H11N3OS. The van der Waals surface area contributed by atoms with Crippen LogP contribution in [0.1, 0.15) is 11.1 Å². The van der Waals surface area contributed by atoms with Crippen LogP contribution >= 0.6 is 11.8 Å². The van der Waals surface area contributed by atoms with Crippen molar-refractivity contribution in [1.82, 2.24) is 10.2 Å². The first kappa shape index (κ1) is 13.4. The fourth-order valence-corrected chi connectivity index (χ4v) is 2.63. The summed E-state index contributed by atoms with van der Waals surface area (Å²) in [4.78, 5) is 0. The lowest BCUT2D eigenvalue weighted by atomic mass is 10.1. The molecule has 2 aromatic carbocycles. The van der Waals surface area contributed by atoms with Crippen molar-refractivity contribution in [2.75, 3.05) is 0 Å². The molecule has 0 bridgehead atoms. The second-order valence-electron chi connectivity index (χ2n) is 4.30. The average molecular weight is 293 g/mol. The van der Waals surface area contributed by atoms with Crippen LogP contribution in [0.3, 0.4) is 0 Å². The highest BCUT2D eigenvalue weighted by Gasteiger charge is 2.09. The summed E-state index contributed by atoms with van der Waals surface area (Å²) in [7, 11) is 0. The van der Waals surface area contributed by atoms with E-state index in [4.69, 9.17) is 9.68 Å². The Balaban J connectivity index is 1.72. The van der Waals surface area contributed by atoms with E-state index in [1.165, 1.54) is 11.8 Å². The van der Waals surface area contributed by atoms with Gasteiger partial charge in [0.2, 0.25) is 5.89 Å². The normalized spacial score (nSPS) is 10.2. The van der Waals surface area contributed by atoms with Crippen LogP contribution in [-0.4, -0.2) is 10.2 Å². The molecule has 3 rings (SSSR count). The van der Waals surface area contributed by atoms with Crippen LogP contribution in [0.2, 0.25) is 0 Å². The quantitative estimate of drug-likeness (QED) is 0.683. The minimum Gasteiger partial charge on any atom is -0.411 e. The molecule has 0 saturated heterocycles.